The number of hydrogen-bond acceptors (Lipinski definition) is 5. The zero-order valence-corrected chi connectivity index (χ0v) is 17.6. The Kier molecular flexibility index (Phi) is 5.81. The second-order valence-corrected chi connectivity index (χ2v) is 7.68. The quantitative estimate of drug-likeness (QED) is 0.492. The Morgan fingerprint density at radius 1 is 1.10 bits per heavy atom. The fourth-order valence-electron chi connectivity index (χ4n) is 3.93. The van der Waals surface area contributed by atoms with Crippen LogP contribution in [0.1, 0.15) is 24.5 Å². The molecule has 0 radical (unpaired) electrons. The third-order valence-corrected chi connectivity index (χ3v) is 5.67. The van der Waals surface area contributed by atoms with Crippen LogP contribution in [0.15, 0.2) is 54.6 Å². The largest absolute Gasteiger partial charge is 0.508 e. The second kappa shape index (κ2) is 8.69. The normalized spacial score (nSPS) is 14.5. The van der Waals surface area contributed by atoms with Crippen molar-refractivity contribution < 1.29 is 19.8 Å². The number of urea groups is 1. The minimum absolute atomic E-state index is 0.211. The van der Waals surface area contributed by atoms with E-state index in [1.165, 1.54) is 7.05 Å². The van der Waals surface area contributed by atoms with Crippen molar-refractivity contribution in [3.05, 3.63) is 60.3 Å². The predicted molar refractivity (Wildman–Crippen MR) is 116 cm³/mol. The molecule has 31 heavy (non-hydrogen) atoms. The van der Waals surface area contributed by atoms with Crippen molar-refractivity contribution in [1.82, 2.24) is 19.7 Å². The molecule has 2 amide bonds. The number of likely N-dealkylation sites (tertiary alicyclic amines) is 1. The topological polar surface area (TPSA) is 91.1 Å². The second-order valence-electron chi connectivity index (χ2n) is 7.68. The number of rotatable bonds is 4. The number of nitrogens with zero attached hydrogens (tertiary/aromatic N) is 4. The van der Waals surface area contributed by atoms with Gasteiger partial charge < -0.3 is 14.7 Å². The maximum Gasteiger partial charge on any atom is 0.343 e. The highest BCUT2D eigenvalue weighted by atomic mass is 16.5. The molecule has 0 atom stereocenters. The fourth-order valence-corrected chi connectivity index (χ4v) is 3.93. The zero-order valence-electron chi connectivity index (χ0n) is 17.6. The van der Waals surface area contributed by atoms with Gasteiger partial charge in [0, 0.05) is 31.6 Å². The van der Waals surface area contributed by atoms with Gasteiger partial charge >= 0.3 is 6.03 Å². The fraction of sp³-hybridized carbons (Fsp3) is 0.304. The number of aromatic nitrogens is 2. The maximum atomic E-state index is 12.0. The lowest BCUT2D eigenvalue weighted by Gasteiger charge is -2.32. The van der Waals surface area contributed by atoms with Crippen molar-refractivity contribution >= 4 is 6.03 Å². The Morgan fingerprint density at radius 2 is 1.74 bits per heavy atom. The molecule has 0 spiro atoms. The number of piperidine rings is 1. The molecule has 1 aliphatic rings. The highest BCUT2D eigenvalue weighted by Gasteiger charge is 2.27. The van der Waals surface area contributed by atoms with E-state index in [4.69, 9.17) is 9.84 Å². The summed E-state index contributed by atoms with van der Waals surface area (Å²) in [5, 5.41) is 24.6. The molecule has 2 N–H and O–H groups in total. The molecule has 4 rings (SSSR count). The summed E-state index contributed by atoms with van der Waals surface area (Å²) in [6, 6.07) is 16.5. The summed E-state index contributed by atoms with van der Waals surface area (Å²) in [4.78, 5) is 13.7. The molecule has 162 valence electrons. The first-order chi connectivity index (χ1) is 15.0. The van der Waals surface area contributed by atoms with Crippen LogP contribution in [0.3, 0.4) is 0 Å². The molecule has 0 bridgehead atoms. The standard InChI is InChI=1S/C23H26N4O4/c1-25(30)23(29)26-13-11-16(12-14-26)21-15-22(17-3-7-19(28)8-4-17)27(24-21)18-5-9-20(31-2)10-6-18/h3-10,15-16,28,30H,11-14H2,1-2H3. The van der Waals surface area contributed by atoms with Crippen molar-refractivity contribution in [2.45, 2.75) is 18.8 Å². The maximum absolute atomic E-state index is 12.0. The summed E-state index contributed by atoms with van der Waals surface area (Å²) >= 11 is 0. The first kappa shape index (κ1) is 20.7. The number of carbonyl (C=O) groups is 1. The van der Waals surface area contributed by atoms with Crippen LogP contribution in [0.5, 0.6) is 11.5 Å². The minimum Gasteiger partial charge on any atom is -0.508 e. The van der Waals surface area contributed by atoms with E-state index < -0.39 is 0 Å². The number of amides is 2. The number of hydrogen-bond donors (Lipinski definition) is 2. The average Bonchev–Trinajstić information content (AvgIpc) is 3.24. The van der Waals surface area contributed by atoms with E-state index in [0.29, 0.717) is 18.2 Å². The third kappa shape index (κ3) is 4.34. The van der Waals surface area contributed by atoms with Crippen molar-refractivity contribution in [2.75, 3.05) is 27.2 Å². The van der Waals surface area contributed by atoms with Gasteiger partial charge in [0.2, 0.25) is 0 Å². The molecule has 3 aromatic rings. The highest BCUT2D eigenvalue weighted by Crippen LogP contribution is 2.33. The number of phenolic OH excluding ortho intramolecular Hbond substituents is 1. The van der Waals surface area contributed by atoms with Crippen LogP contribution in [0.2, 0.25) is 0 Å². The molecular weight excluding hydrogens is 396 g/mol. The van der Waals surface area contributed by atoms with E-state index in [1.54, 1.807) is 24.1 Å². The van der Waals surface area contributed by atoms with Gasteiger partial charge in [-0.1, -0.05) is 0 Å². The molecule has 1 aromatic heterocycles. The molecule has 8 heteroatoms. The SMILES string of the molecule is COc1ccc(-n2nc(C3CCN(C(=O)N(C)O)CC3)cc2-c2ccc(O)cc2)cc1. The van der Waals surface area contributed by atoms with Gasteiger partial charge in [-0.2, -0.15) is 5.10 Å². The predicted octanol–water partition coefficient (Wildman–Crippen LogP) is 3.87. The number of carbonyl (C=O) groups excluding carboxylic acids is 1. The van der Waals surface area contributed by atoms with Gasteiger partial charge in [-0.15, -0.1) is 0 Å². The number of ether oxygens (including phenoxy) is 1. The summed E-state index contributed by atoms with van der Waals surface area (Å²) in [7, 11) is 2.98. The van der Waals surface area contributed by atoms with Gasteiger partial charge in [-0.3, -0.25) is 5.21 Å². The summed E-state index contributed by atoms with van der Waals surface area (Å²) < 4.78 is 7.17. The summed E-state index contributed by atoms with van der Waals surface area (Å²) in [6.07, 6.45) is 1.54. The average molecular weight is 422 g/mol. The van der Waals surface area contributed by atoms with E-state index in [0.717, 1.165) is 41.2 Å². The van der Waals surface area contributed by atoms with Gasteiger partial charge in [-0.05, 0) is 67.4 Å². The van der Waals surface area contributed by atoms with Crippen LogP contribution in [-0.4, -0.2) is 63.3 Å². The van der Waals surface area contributed by atoms with Crippen LogP contribution >= 0.6 is 0 Å². The van der Waals surface area contributed by atoms with Crippen molar-refractivity contribution in [3.8, 4) is 28.4 Å². The summed E-state index contributed by atoms with van der Waals surface area (Å²) in [5.74, 6) is 1.20. The van der Waals surface area contributed by atoms with Crippen molar-refractivity contribution in [2.24, 2.45) is 0 Å². The lowest BCUT2D eigenvalue weighted by molar-refractivity contribution is -0.0356. The number of phenols is 1. The van der Waals surface area contributed by atoms with Crippen LogP contribution < -0.4 is 4.74 Å². The Bertz CT molecular complexity index is 1040. The van der Waals surface area contributed by atoms with Crippen LogP contribution in [0, 0.1) is 0 Å². The Balaban J connectivity index is 1.65. The molecule has 0 unspecified atom stereocenters. The minimum atomic E-state index is -0.382. The number of benzene rings is 2. The molecular formula is C23H26N4O4. The van der Waals surface area contributed by atoms with Gasteiger partial charge in [0.1, 0.15) is 11.5 Å². The zero-order chi connectivity index (χ0) is 22.0. The first-order valence-corrected chi connectivity index (χ1v) is 10.2. The van der Waals surface area contributed by atoms with Crippen LogP contribution in [0.25, 0.3) is 16.9 Å². The lowest BCUT2D eigenvalue weighted by Crippen LogP contribution is -2.43. The molecule has 1 saturated heterocycles. The van der Waals surface area contributed by atoms with Crippen LogP contribution in [0.4, 0.5) is 4.79 Å². The van der Waals surface area contributed by atoms with Gasteiger partial charge in [0.05, 0.1) is 24.2 Å². The van der Waals surface area contributed by atoms with Crippen molar-refractivity contribution in [1.29, 1.82) is 0 Å². The van der Waals surface area contributed by atoms with Crippen LogP contribution in [-0.2, 0) is 0 Å². The molecule has 0 saturated carbocycles. The Morgan fingerprint density at radius 3 is 2.32 bits per heavy atom. The number of hydroxylamine groups is 2. The van der Waals surface area contributed by atoms with E-state index in [9.17, 15) is 15.1 Å². The summed E-state index contributed by atoms with van der Waals surface area (Å²) in [6.45, 7) is 1.14. The summed E-state index contributed by atoms with van der Waals surface area (Å²) in [5.41, 5.74) is 3.74. The van der Waals surface area contributed by atoms with Gasteiger partial charge in [0.25, 0.3) is 0 Å². The molecule has 0 aliphatic carbocycles. The molecule has 1 aliphatic heterocycles. The monoisotopic (exact) mass is 422 g/mol. The Labute approximate surface area is 180 Å². The van der Waals surface area contributed by atoms with Gasteiger partial charge in [-0.25, -0.2) is 14.5 Å². The van der Waals surface area contributed by atoms with Gasteiger partial charge in [0.15, 0.2) is 0 Å². The highest BCUT2D eigenvalue weighted by molar-refractivity contribution is 5.73. The van der Waals surface area contributed by atoms with E-state index >= 15 is 0 Å². The molecule has 2 aromatic carbocycles. The van der Waals surface area contributed by atoms with E-state index in [1.807, 2.05) is 41.1 Å². The first-order valence-electron chi connectivity index (χ1n) is 10.2. The van der Waals surface area contributed by atoms with E-state index in [-0.39, 0.29) is 17.7 Å². The smallest absolute Gasteiger partial charge is 0.343 e. The molecule has 2 heterocycles. The number of aromatic hydroxyl groups is 1. The molecule has 1 fully saturated rings. The van der Waals surface area contributed by atoms with E-state index in [2.05, 4.69) is 6.07 Å². The molecule has 8 nitrogen and oxygen atoms in total. The Hall–Kier alpha value is -3.52. The van der Waals surface area contributed by atoms with Crippen molar-refractivity contribution in [3.63, 3.8) is 0 Å². The lowest BCUT2D eigenvalue weighted by atomic mass is 9.93. The third-order valence-electron chi connectivity index (χ3n) is 5.67. The number of methoxy groups -OCH3 is 1.